The lowest BCUT2D eigenvalue weighted by Gasteiger charge is -2.23. The van der Waals surface area contributed by atoms with Crippen LogP contribution >= 0.6 is 15.9 Å². The second kappa shape index (κ2) is 10.1. The number of carbonyl (C=O) groups is 2. The van der Waals surface area contributed by atoms with E-state index in [0.717, 1.165) is 4.47 Å². The summed E-state index contributed by atoms with van der Waals surface area (Å²) in [7, 11) is 4.80. The fourth-order valence-corrected chi connectivity index (χ4v) is 2.83. The first-order valence-electron chi connectivity index (χ1n) is 8.62. The maximum atomic E-state index is 12.6. The minimum Gasteiger partial charge on any atom is -0.497 e. The molecular formula is C20H24BrN3O4. The van der Waals surface area contributed by atoms with E-state index in [-0.39, 0.29) is 18.4 Å². The molecule has 0 heterocycles. The van der Waals surface area contributed by atoms with Gasteiger partial charge in [-0.05, 0) is 42.0 Å². The van der Waals surface area contributed by atoms with Crippen LogP contribution in [0.3, 0.4) is 0 Å². The molecule has 2 amide bonds. The number of ether oxygens (including phenoxy) is 2. The molecule has 8 heteroatoms. The summed E-state index contributed by atoms with van der Waals surface area (Å²) in [5.41, 5.74) is 1.24. The standard InChI is InChI=1S/C20H24BrN3O4/c1-13(20(26)22-14-9-15(27-3)11-16(10-14)28-4)24(2)12-19(25)23-18-8-6-5-7-17(18)21/h5-11,13H,12H2,1-4H3,(H,22,26)(H,23,25). The van der Waals surface area contributed by atoms with Crippen molar-refractivity contribution < 1.29 is 19.1 Å². The van der Waals surface area contributed by atoms with Crippen LogP contribution in [0.25, 0.3) is 0 Å². The molecule has 2 N–H and O–H groups in total. The van der Waals surface area contributed by atoms with Gasteiger partial charge >= 0.3 is 0 Å². The summed E-state index contributed by atoms with van der Waals surface area (Å²) in [5, 5.41) is 5.65. The van der Waals surface area contributed by atoms with Gasteiger partial charge in [0, 0.05) is 28.4 Å². The van der Waals surface area contributed by atoms with Crippen LogP contribution in [0.1, 0.15) is 6.92 Å². The Bertz CT molecular complexity index is 822. The summed E-state index contributed by atoms with van der Waals surface area (Å²) in [6.07, 6.45) is 0. The van der Waals surface area contributed by atoms with Crippen molar-refractivity contribution in [3.05, 3.63) is 46.9 Å². The number of hydrogen-bond acceptors (Lipinski definition) is 5. The van der Waals surface area contributed by atoms with E-state index in [1.54, 1.807) is 57.4 Å². The fourth-order valence-electron chi connectivity index (χ4n) is 2.44. The Balaban J connectivity index is 1.96. The summed E-state index contributed by atoms with van der Waals surface area (Å²) in [6, 6.07) is 11.9. The van der Waals surface area contributed by atoms with Gasteiger partial charge in [-0.2, -0.15) is 0 Å². The van der Waals surface area contributed by atoms with Crippen molar-refractivity contribution in [1.29, 1.82) is 0 Å². The van der Waals surface area contributed by atoms with Crippen molar-refractivity contribution in [2.24, 2.45) is 0 Å². The first-order valence-corrected chi connectivity index (χ1v) is 9.42. The number of benzene rings is 2. The SMILES string of the molecule is COc1cc(NC(=O)C(C)N(C)CC(=O)Nc2ccccc2Br)cc(OC)c1. The monoisotopic (exact) mass is 449 g/mol. The molecule has 28 heavy (non-hydrogen) atoms. The summed E-state index contributed by atoms with van der Waals surface area (Å²) < 4.78 is 11.2. The van der Waals surface area contributed by atoms with Crippen LogP contribution in [0, 0.1) is 0 Å². The summed E-state index contributed by atoms with van der Waals surface area (Å²) in [4.78, 5) is 26.5. The molecule has 0 bridgehead atoms. The average Bonchev–Trinajstić information content (AvgIpc) is 2.68. The highest BCUT2D eigenvalue weighted by atomic mass is 79.9. The molecule has 0 radical (unpaired) electrons. The van der Waals surface area contributed by atoms with Gasteiger partial charge in [-0.15, -0.1) is 0 Å². The van der Waals surface area contributed by atoms with Crippen LogP contribution in [0.5, 0.6) is 11.5 Å². The Kier molecular flexibility index (Phi) is 7.83. The molecule has 0 fully saturated rings. The molecule has 150 valence electrons. The van der Waals surface area contributed by atoms with Gasteiger partial charge in [0.15, 0.2) is 0 Å². The molecule has 0 saturated heterocycles. The van der Waals surface area contributed by atoms with Gasteiger partial charge < -0.3 is 20.1 Å². The number of likely N-dealkylation sites (N-methyl/N-ethyl adjacent to an activating group) is 1. The predicted octanol–water partition coefficient (Wildman–Crippen LogP) is 3.36. The predicted molar refractivity (Wildman–Crippen MR) is 113 cm³/mol. The molecule has 2 aromatic carbocycles. The van der Waals surface area contributed by atoms with Crippen LogP contribution in [0.2, 0.25) is 0 Å². The van der Waals surface area contributed by atoms with Gasteiger partial charge in [-0.25, -0.2) is 0 Å². The number of nitrogens with zero attached hydrogens (tertiary/aromatic N) is 1. The Morgan fingerprint density at radius 3 is 2.25 bits per heavy atom. The van der Waals surface area contributed by atoms with E-state index >= 15 is 0 Å². The van der Waals surface area contributed by atoms with Crippen molar-refractivity contribution in [1.82, 2.24) is 4.90 Å². The minimum absolute atomic E-state index is 0.0668. The molecular weight excluding hydrogens is 426 g/mol. The molecule has 0 saturated carbocycles. The Morgan fingerprint density at radius 2 is 1.68 bits per heavy atom. The van der Waals surface area contributed by atoms with Crippen molar-refractivity contribution in [2.45, 2.75) is 13.0 Å². The van der Waals surface area contributed by atoms with Gasteiger partial charge in [0.1, 0.15) is 11.5 Å². The topological polar surface area (TPSA) is 79.9 Å². The Morgan fingerprint density at radius 1 is 1.07 bits per heavy atom. The Hall–Kier alpha value is -2.58. The maximum Gasteiger partial charge on any atom is 0.241 e. The quantitative estimate of drug-likeness (QED) is 0.645. The molecule has 2 rings (SSSR count). The fraction of sp³-hybridized carbons (Fsp3) is 0.300. The number of carbonyl (C=O) groups excluding carboxylic acids is 2. The van der Waals surface area contributed by atoms with E-state index in [0.29, 0.717) is 22.9 Å². The molecule has 0 aliphatic heterocycles. The summed E-state index contributed by atoms with van der Waals surface area (Å²) in [5.74, 6) is 0.690. The average molecular weight is 450 g/mol. The van der Waals surface area contributed by atoms with E-state index < -0.39 is 6.04 Å². The third kappa shape index (κ3) is 5.97. The largest absolute Gasteiger partial charge is 0.497 e. The summed E-state index contributed by atoms with van der Waals surface area (Å²) >= 11 is 3.39. The van der Waals surface area contributed by atoms with Crippen LogP contribution in [0.4, 0.5) is 11.4 Å². The number of methoxy groups -OCH3 is 2. The van der Waals surface area contributed by atoms with Crippen LogP contribution in [-0.4, -0.2) is 50.6 Å². The van der Waals surface area contributed by atoms with Gasteiger partial charge in [0.2, 0.25) is 11.8 Å². The maximum absolute atomic E-state index is 12.6. The second-order valence-corrected chi connectivity index (χ2v) is 7.06. The lowest BCUT2D eigenvalue weighted by atomic mass is 10.2. The third-order valence-corrected chi connectivity index (χ3v) is 4.89. The van der Waals surface area contributed by atoms with Crippen molar-refractivity contribution in [3.63, 3.8) is 0 Å². The highest BCUT2D eigenvalue weighted by Gasteiger charge is 2.21. The highest BCUT2D eigenvalue weighted by molar-refractivity contribution is 9.10. The van der Waals surface area contributed by atoms with Gasteiger partial charge in [0.25, 0.3) is 0 Å². The zero-order valence-electron chi connectivity index (χ0n) is 16.3. The number of para-hydroxylation sites is 1. The van der Waals surface area contributed by atoms with Gasteiger partial charge in [0.05, 0.1) is 32.5 Å². The lowest BCUT2D eigenvalue weighted by molar-refractivity contribution is -0.122. The number of nitrogens with one attached hydrogen (secondary N) is 2. The molecule has 1 atom stereocenters. The minimum atomic E-state index is -0.526. The first-order chi connectivity index (χ1) is 13.3. The number of halogens is 1. The molecule has 7 nitrogen and oxygen atoms in total. The normalized spacial score (nSPS) is 11.6. The van der Waals surface area contributed by atoms with Crippen molar-refractivity contribution in [3.8, 4) is 11.5 Å². The Labute approximate surface area is 173 Å². The van der Waals surface area contributed by atoms with Crippen LogP contribution in [-0.2, 0) is 9.59 Å². The highest BCUT2D eigenvalue weighted by Crippen LogP contribution is 2.26. The zero-order chi connectivity index (χ0) is 20.7. The van der Waals surface area contributed by atoms with E-state index in [4.69, 9.17) is 9.47 Å². The van der Waals surface area contributed by atoms with Crippen LogP contribution in [0.15, 0.2) is 46.9 Å². The van der Waals surface area contributed by atoms with E-state index in [2.05, 4.69) is 26.6 Å². The molecule has 2 aromatic rings. The smallest absolute Gasteiger partial charge is 0.241 e. The van der Waals surface area contributed by atoms with E-state index in [1.807, 2.05) is 18.2 Å². The van der Waals surface area contributed by atoms with E-state index in [1.165, 1.54) is 0 Å². The molecule has 0 aromatic heterocycles. The molecule has 1 unspecified atom stereocenters. The number of rotatable bonds is 8. The van der Waals surface area contributed by atoms with Gasteiger partial charge in [-0.3, -0.25) is 14.5 Å². The van der Waals surface area contributed by atoms with E-state index in [9.17, 15) is 9.59 Å². The second-order valence-electron chi connectivity index (χ2n) is 6.21. The number of hydrogen-bond donors (Lipinski definition) is 2. The number of amides is 2. The summed E-state index contributed by atoms with van der Waals surface area (Å²) in [6.45, 7) is 1.80. The third-order valence-electron chi connectivity index (χ3n) is 4.20. The lowest BCUT2D eigenvalue weighted by Crippen LogP contribution is -2.43. The van der Waals surface area contributed by atoms with Crippen molar-refractivity contribution >= 4 is 39.1 Å². The first kappa shape index (κ1) is 21.7. The molecule has 0 aliphatic rings. The van der Waals surface area contributed by atoms with Gasteiger partial charge in [-0.1, -0.05) is 12.1 Å². The zero-order valence-corrected chi connectivity index (χ0v) is 17.9. The van der Waals surface area contributed by atoms with Crippen LogP contribution < -0.4 is 20.1 Å². The van der Waals surface area contributed by atoms with Crippen molar-refractivity contribution in [2.75, 3.05) is 38.4 Å². The number of anilines is 2. The molecule has 0 spiro atoms. The molecule has 0 aliphatic carbocycles.